The molecule has 0 saturated carbocycles. The summed E-state index contributed by atoms with van der Waals surface area (Å²) in [6.07, 6.45) is 4.34. The molecule has 1 aromatic carbocycles. The number of thiophene rings is 1. The highest BCUT2D eigenvalue weighted by Gasteiger charge is 2.22. The number of carbonyl (C=O) groups is 1. The van der Waals surface area contributed by atoms with Gasteiger partial charge in [0.05, 0.1) is 5.00 Å². The van der Waals surface area contributed by atoms with Gasteiger partial charge in [-0.15, -0.1) is 11.3 Å². The monoisotopic (exact) mass is 243 g/mol. The molecule has 0 radical (unpaired) electrons. The second kappa shape index (κ2) is 4.00. The van der Waals surface area contributed by atoms with Gasteiger partial charge < -0.3 is 5.73 Å². The Morgan fingerprint density at radius 3 is 2.88 bits per heavy atom. The summed E-state index contributed by atoms with van der Waals surface area (Å²) in [4.78, 5) is 12.5. The molecule has 1 aliphatic rings. The van der Waals surface area contributed by atoms with Crippen molar-refractivity contribution in [1.29, 1.82) is 0 Å². The molecule has 0 aliphatic heterocycles. The van der Waals surface area contributed by atoms with Gasteiger partial charge in [0.25, 0.3) is 0 Å². The third kappa shape index (κ3) is 1.58. The highest BCUT2D eigenvalue weighted by Crippen LogP contribution is 2.44. The van der Waals surface area contributed by atoms with E-state index in [9.17, 15) is 4.79 Å². The van der Waals surface area contributed by atoms with Crippen LogP contribution in [0, 0.1) is 0 Å². The lowest BCUT2D eigenvalue weighted by Gasteiger charge is -2.06. The third-order valence-electron chi connectivity index (χ3n) is 3.31. The molecule has 3 rings (SSSR count). The van der Waals surface area contributed by atoms with E-state index in [1.165, 1.54) is 16.9 Å². The maximum atomic E-state index is 11.1. The number of benzene rings is 1. The van der Waals surface area contributed by atoms with Crippen LogP contribution < -0.4 is 5.73 Å². The van der Waals surface area contributed by atoms with Crippen molar-refractivity contribution < 1.29 is 4.79 Å². The lowest BCUT2D eigenvalue weighted by molar-refractivity contribution is 0.112. The van der Waals surface area contributed by atoms with Crippen molar-refractivity contribution in [2.75, 3.05) is 5.73 Å². The number of hydrogen-bond donors (Lipinski definition) is 1. The van der Waals surface area contributed by atoms with Crippen molar-refractivity contribution in [1.82, 2.24) is 0 Å². The Morgan fingerprint density at radius 1 is 1.24 bits per heavy atom. The van der Waals surface area contributed by atoms with Crippen molar-refractivity contribution in [3.63, 3.8) is 0 Å². The zero-order chi connectivity index (χ0) is 11.8. The average molecular weight is 243 g/mol. The molecular weight excluding hydrogens is 230 g/mol. The molecule has 0 saturated heterocycles. The van der Waals surface area contributed by atoms with Crippen LogP contribution in [0.25, 0.3) is 11.1 Å². The molecule has 1 heterocycles. The van der Waals surface area contributed by atoms with Crippen molar-refractivity contribution in [3.8, 4) is 11.1 Å². The van der Waals surface area contributed by atoms with Gasteiger partial charge in [-0.05, 0) is 30.4 Å². The number of hydrogen-bond acceptors (Lipinski definition) is 3. The second-order valence-corrected chi connectivity index (χ2v) is 5.44. The summed E-state index contributed by atoms with van der Waals surface area (Å²) >= 11 is 1.68. The molecule has 0 fully saturated rings. The summed E-state index contributed by atoms with van der Waals surface area (Å²) in [5.74, 6) is 0. The number of carbonyl (C=O) groups excluding carboxylic acids is 1. The van der Waals surface area contributed by atoms with Crippen molar-refractivity contribution in [2.24, 2.45) is 0 Å². The molecule has 2 N–H and O–H groups in total. The lowest BCUT2D eigenvalue weighted by atomic mass is 9.98. The minimum atomic E-state index is 0.728. The Labute approximate surface area is 104 Å². The normalized spacial score (nSPS) is 13.6. The molecule has 2 nitrogen and oxygen atoms in total. The summed E-state index contributed by atoms with van der Waals surface area (Å²) in [7, 11) is 0. The van der Waals surface area contributed by atoms with Crippen LogP contribution in [0.1, 0.15) is 27.2 Å². The van der Waals surface area contributed by atoms with Crippen LogP contribution in [0.4, 0.5) is 5.00 Å². The lowest BCUT2D eigenvalue weighted by Crippen LogP contribution is -1.92. The van der Waals surface area contributed by atoms with E-state index < -0.39 is 0 Å². The minimum Gasteiger partial charge on any atom is -0.390 e. The SMILES string of the molecule is Nc1sc2c(c1-c1ccccc1C=O)CCC2. The molecule has 17 heavy (non-hydrogen) atoms. The van der Waals surface area contributed by atoms with Crippen molar-refractivity contribution >= 4 is 22.6 Å². The molecule has 0 spiro atoms. The van der Waals surface area contributed by atoms with E-state index in [1.54, 1.807) is 11.3 Å². The number of fused-ring (bicyclic) bond motifs is 1. The van der Waals surface area contributed by atoms with E-state index in [2.05, 4.69) is 0 Å². The van der Waals surface area contributed by atoms with E-state index in [4.69, 9.17) is 5.73 Å². The molecule has 0 atom stereocenters. The van der Waals surface area contributed by atoms with Crippen LogP contribution in [0.15, 0.2) is 24.3 Å². The first kappa shape index (κ1) is 10.5. The van der Waals surface area contributed by atoms with Gasteiger partial charge in [0.15, 0.2) is 6.29 Å². The Morgan fingerprint density at radius 2 is 2.06 bits per heavy atom. The fraction of sp³-hybridized carbons (Fsp3) is 0.214. The Hall–Kier alpha value is -1.61. The van der Waals surface area contributed by atoms with Gasteiger partial charge in [-0.25, -0.2) is 0 Å². The summed E-state index contributed by atoms with van der Waals surface area (Å²) in [5, 5.41) is 0.851. The molecule has 1 aromatic heterocycles. The fourth-order valence-electron chi connectivity index (χ4n) is 2.55. The number of rotatable bonds is 2. The average Bonchev–Trinajstić information content (AvgIpc) is 2.89. The van der Waals surface area contributed by atoms with E-state index in [0.29, 0.717) is 0 Å². The molecular formula is C14H13NOS. The van der Waals surface area contributed by atoms with Gasteiger partial charge in [-0.3, -0.25) is 4.79 Å². The third-order valence-corrected chi connectivity index (χ3v) is 4.43. The zero-order valence-electron chi connectivity index (χ0n) is 9.40. The highest BCUT2D eigenvalue weighted by molar-refractivity contribution is 7.16. The number of anilines is 1. The summed E-state index contributed by atoms with van der Waals surface area (Å²) in [5.41, 5.74) is 10.3. The minimum absolute atomic E-state index is 0.728. The van der Waals surface area contributed by atoms with E-state index in [0.717, 1.165) is 40.8 Å². The second-order valence-electron chi connectivity index (χ2n) is 4.30. The largest absolute Gasteiger partial charge is 0.390 e. The Bertz CT molecular complexity index is 586. The molecule has 1 aliphatic carbocycles. The van der Waals surface area contributed by atoms with Crippen LogP contribution in [0.5, 0.6) is 0 Å². The number of aldehydes is 1. The standard InChI is InChI=1S/C14H13NOS/c15-14-13(11-6-3-7-12(11)17-14)10-5-2-1-4-9(10)8-16/h1-2,4-5,8H,3,6-7,15H2. The molecule has 0 unspecified atom stereocenters. The predicted octanol–water partition coefficient (Wildman–Crippen LogP) is 3.30. The summed E-state index contributed by atoms with van der Waals surface area (Å²) in [6, 6.07) is 7.68. The van der Waals surface area contributed by atoms with Crippen LogP contribution >= 0.6 is 11.3 Å². The number of aryl methyl sites for hydroxylation is 1. The smallest absolute Gasteiger partial charge is 0.150 e. The van der Waals surface area contributed by atoms with Crippen LogP contribution in [0.3, 0.4) is 0 Å². The first-order chi connectivity index (χ1) is 8.31. The van der Waals surface area contributed by atoms with Gasteiger partial charge in [0, 0.05) is 16.0 Å². The molecule has 0 amide bonds. The first-order valence-corrected chi connectivity index (χ1v) is 6.57. The van der Waals surface area contributed by atoms with Crippen LogP contribution in [-0.4, -0.2) is 6.29 Å². The summed E-state index contributed by atoms with van der Waals surface area (Å²) < 4.78 is 0. The van der Waals surface area contributed by atoms with Gasteiger partial charge in [0.2, 0.25) is 0 Å². The van der Waals surface area contributed by atoms with Crippen molar-refractivity contribution in [3.05, 3.63) is 40.3 Å². The summed E-state index contributed by atoms with van der Waals surface area (Å²) in [6.45, 7) is 0. The van der Waals surface area contributed by atoms with Gasteiger partial charge >= 0.3 is 0 Å². The van der Waals surface area contributed by atoms with Crippen LogP contribution in [0.2, 0.25) is 0 Å². The molecule has 3 heteroatoms. The number of nitrogen functional groups attached to an aromatic ring is 1. The van der Waals surface area contributed by atoms with Crippen LogP contribution in [-0.2, 0) is 12.8 Å². The van der Waals surface area contributed by atoms with Gasteiger partial charge in [-0.2, -0.15) is 0 Å². The van der Waals surface area contributed by atoms with Gasteiger partial charge in [0.1, 0.15) is 0 Å². The highest BCUT2D eigenvalue weighted by atomic mass is 32.1. The Kier molecular flexibility index (Phi) is 2.48. The maximum absolute atomic E-state index is 11.1. The first-order valence-electron chi connectivity index (χ1n) is 5.76. The predicted molar refractivity (Wildman–Crippen MR) is 71.6 cm³/mol. The zero-order valence-corrected chi connectivity index (χ0v) is 10.2. The molecule has 2 aromatic rings. The van der Waals surface area contributed by atoms with Crippen molar-refractivity contribution in [2.45, 2.75) is 19.3 Å². The van der Waals surface area contributed by atoms with E-state index in [-0.39, 0.29) is 0 Å². The Balaban J connectivity index is 2.25. The number of nitrogens with two attached hydrogens (primary N) is 1. The molecule has 0 bridgehead atoms. The van der Waals surface area contributed by atoms with E-state index in [1.807, 2.05) is 24.3 Å². The molecule has 86 valence electrons. The quantitative estimate of drug-likeness (QED) is 0.822. The topological polar surface area (TPSA) is 43.1 Å². The fourth-order valence-corrected chi connectivity index (χ4v) is 3.72. The van der Waals surface area contributed by atoms with Gasteiger partial charge in [-0.1, -0.05) is 24.3 Å². The maximum Gasteiger partial charge on any atom is 0.150 e. The van der Waals surface area contributed by atoms with E-state index >= 15 is 0 Å².